The predicted octanol–water partition coefficient (Wildman–Crippen LogP) is 7.92. The summed E-state index contributed by atoms with van der Waals surface area (Å²) in [5.74, 6) is -3.12. The van der Waals surface area contributed by atoms with Crippen molar-refractivity contribution in [2.24, 2.45) is 0 Å². The van der Waals surface area contributed by atoms with E-state index in [0.29, 0.717) is 19.5 Å². The van der Waals surface area contributed by atoms with Gasteiger partial charge in [0.15, 0.2) is 0 Å². The Bertz CT molecular complexity index is 1770. The summed E-state index contributed by atoms with van der Waals surface area (Å²) in [6.45, 7) is 4.49. The second kappa shape index (κ2) is 16.3. The summed E-state index contributed by atoms with van der Waals surface area (Å²) in [5, 5.41) is 2.94. The molecule has 1 aromatic heterocycles. The fourth-order valence-corrected chi connectivity index (χ4v) is 5.90. The Morgan fingerprint density at radius 3 is 1.86 bits per heavy atom. The number of aromatic nitrogens is 1. The molecule has 0 bridgehead atoms. The number of carbonyl (C=O) groups is 2. The van der Waals surface area contributed by atoms with E-state index in [0.717, 1.165) is 24.6 Å². The van der Waals surface area contributed by atoms with Crippen LogP contribution in [0.4, 0.5) is 18.9 Å². The number of carbonyl (C=O) groups excluding carboxylic acids is 2. The molecule has 49 heavy (non-hydrogen) atoms. The van der Waals surface area contributed by atoms with E-state index in [1.807, 2.05) is 60.7 Å². The monoisotopic (exact) mass is 691 g/mol. The van der Waals surface area contributed by atoms with Crippen LogP contribution < -0.4 is 10.2 Å². The van der Waals surface area contributed by atoms with Gasteiger partial charge in [0.1, 0.15) is 5.69 Å². The molecule has 3 aromatic carbocycles. The van der Waals surface area contributed by atoms with Gasteiger partial charge < -0.3 is 19.7 Å². The maximum absolute atomic E-state index is 14.1. The van der Waals surface area contributed by atoms with Gasteiger partial charge in [0.05, 0.1) is 30.8 Å². The van der Waals surface area contributed by atoms with Crippen molar-refractivity contribution in [3.8, 4) is 0 Å². The molecule has 4 aromatic rings. The van der Waals surface area contributed by atoms with E-state index in [1.54, 1.807) is 13.8 Å². The highest BCUT2D eigenvalue weighted by Gasteiger charge is 2.44. The number of benzene rings is 3. The Morgan fingerprint density at radius 2 is 1.33 bits per heavy atom. The van der Waals surface area contributed by atoms with Crippen LogP contribution in [-0.2, 0) is 44.7 Å². The van der Waals surface area contributed by atoms with Gasteiger partial charge in [0, 0.05) is 42.8 Å². The first-order chi connectivity index (χ1) is 23.1. The Kier molecular flexibility index (Phi) is 12.3. The number of pyridine rings is 1. The van der Waals surface area contributed by atoms with E-state index in [-0.39, 0.29) is 47.1 Å². The zero-order chi connectivity index (χ0) is 34.3. The average molecular weight is 692 g/mol. The van der Waals surface area contributed by atoms with Crippen molar-refractivity contribution >= 4 is 30.0 Å². The summed E-state index contributed by atoms with van der Waals surface area (Å²) in [4.78, 5) is 32.3. The number of hydrogen-bond donors (Lipinski definition) is 1. The molecule has 0 spiro atoms. The molecule has 1 aliphatic rings. The number of methoxy groups -OCH3 is 1. The van der Waals surface area contributed by atoms with E-state index in [4.69, 9.17) is 9.47 Å². The van der Waals surface area contributed by atoms with Crippen LogP contribution in [0.2, 0.25) is 0 Å². The molecule has 0 fully saturated rings. The molecule has 0 aliphatic carbocycles. The van der Waals surface area contributed by atoms with Crippen LogP contribution in [0.1, 0.15) is 47.7 Å². The Morgan fingerprint density at radius 1 is 0.776 bits per heavy atom. The molecule has 7 nitrogen and oxygen atoms in total. The molecule has 1 aliphatic heterocycles. The summed E-state index contributed by atoms with van der Waals surface area (Å²) >= 11 is 0. The lowest BCUT2D eigenvalue weighted by Crippen LogP contribution is -2.33. The molecule has 0 saturated heterocycles. The lowest BCUT2D eigenvalue weighted by molar-refractivity contribution is -0.143. The van der Waals surface area contributed by atoms with E-state index in [1.165, 1.54) is 23.3 Å². The van der Waals surface area contributed by atoms with Crippen LogP contribution in [0.3, 0.4) is 0 Å². The van der Waals surface area contributed by atoms with Gasteiger partial charge in [-0.1, -0.05) is 78.9 Å². The summed E-state index contributed by atoms with van der Waals surface area (Å²) in [7, 11) is 1.13. The van der Waals surface area contributed by atoms with Crippen molar-refractivity contribution in [2.75, 3.05) is 18.6 Å². The van der Waals surface area contributed by atoms with E-state index in [9.17, 15) is 22.8 Å². The summed E-state index contributed by atoms with van der Waals surface area (Å²) < 4.78 is 52.8. The van der Waals surface area contributed by atoms with Gasteiger partial charge in [-0.2, -0.15) is 13.2 Å². The van der Waals surface area contributed by atoms with Gasteiger partial charge >= 0.3 is 18.1 Å². The van der Waals surface area contributed by atoms with Gasteiger partial charge in [-0.25, -0.2) is 9.59 Å². The van der Waals surface area contributed by atoms with Gasteiger partial charge in [0.25, 0.3) is 0 Å². The SMILES string of the molecule is COC(=O)C1=C(C)NC(C)=C(C(=O)OCCc2ccc(N(Cc3ccccc3)Cc3ccccc3)cc2)C1c1cccnc1C(F)(F)F.Cl. The Labute approximate surface area is 289 Å². The number of anilines is 1. The quantitative estimate of drug-likeness (QED) is 0.160. The minimum atomic E-state index is -4.83. The van der Waals surface area contributed by atoms with Crippen LogP contribution in [-0.4, -0.2) is 30.6 Å². The first-order valence-corrected chi connectivity index (χ1v) is 15.4. The fraction of sp³-hybridized carbons (Fsp3) is 0.237. The third-order valence-electron chi connectivity index (χ3n) is 8.16. The second-order valence-corrected chi connectivity index (χ2v) is 11.4. The molecule has 1 unspecified atom stereocenters. The number of allylic oxidation sites excluding steroid dienone is 2. The number of rotatable bonds is 11. The van der Waals surface area contributed by atoms with E-state index in [2.05, 4.69) is 39.5 Å². The van der Waals surface area contributed by atoms with Gasteiger partial charge in [-0.15, -0.1) is 12.4 Å². The lowest BCUT2D eigenvalue weighted by atomic mass is 9.79. The Hall–Kier alpha value is -5.09. The minimum Gasteiger partial charge on any atom is -0.466 e. The smallest absolute Gasteiger partial charge is 0.433 e. The third kappa shape index (κ3) is 8.88. The van der Waals surface area contributed by atoms with Crippen LogP contribution in [0.15, 0.2) is 126 Å². The maximum atomic E-state index is 14.1. The second-order valence-electron chi connectivity index (χ2n) is 11.4. The first kappa shape index (κ1) is 36.7. The molecule has 0 radical (unpaired) electrons. The lowest BCUT2D eigenvalue weighted by Gasteiger charge is -2.31. The molecular weight excluding hydrogens is 655 g/mol. The minimum absolute atomic E-state index is 0. The van der Waals surface area contributed by atoms with E-state index >= 15 is 0 Å². The molecular formula is C38H37ClF3N3O4. The molecule has 1 N–H and O–H groups in total. The van der Waals surface area contributed by atoms with Gasteiger partial charge in [-0.3, -0.25) is 4.98 Å². The number of nitrogens with one attached hydrogen (secondary N) is 1. The van der Waals surface area contributed by atoms with Gasteiger partial charge in [0.2, 0.25) is 0 Å². The number of esters is 2. The first-order valence-electron chi connectivity index (χ1n) is 15.4. The zero-order valence-electron chi connectivity index (χ0n) is 27.3. The van der Waals surface area contributed by atoms with Crippen molar-refractivity contribution in [2.45, 2.75) is 45.5 Å². The highest BCUT2D eigenvalue weighted by Crippen LogP contribution is 2.43. The molecule has 2 heterocycles. The zero-order valence-corrected chi connectivity index (χ0v) is 28.1. The topological polar surface area (TPSA) is 80.8 Å². The molecule has 0 saturated carbocycles. The van der Waals surface area contributed by atoms with Crippen molar-refractivity contribution in [3.05, 3.63) is 154 Å². The van der Waals surface area contributed by atoms with Crippen LogP contribution in [0.25, 0.3) is 0 Å². The van der Waals surface area contributed by atoms with Crippen molar-refractivity contribution in [1.82, 2.24) is 10.3 Å². The molecule has 0 amide bonds. The van der Waals surface area contributed by atoms with Crippen molar-refractivity contribution in [1.29, 1.82) is 0 Å². The largest absolute Gasteiger partial charge is 0.466 e. The fourth-order valence-electron chi connectivity index (χ4n) is 5.90. The number of dihydropyridines is 1. The highest BCUT2D eigenvalue weighted by molar-refractivity contribution is 6.00. The standard InChI is InChI=1S/C38H36F3N3O4.ClH/c1-25-32(36(45)47-3)34(31-15-10-21-42-35(31)38(39,40)41)33(26(2)43-25)37(46)48-22-20-27-16-18-30(19-17-27)44(23-28-11-6-4-7-12-28)24-29-13-8-5-9-14-29;/h4-19,21,34,43H,20,22-24H2,1-3H3;1H. The number of alkyl halides is 3. The number of nitrogens with zero attached hydrogens (tertiary/aromatic N) is 2. The van der Waals surface area contributed by atoms with Crippen molar-refractivity contribution < 1.29 is 32.2 Å². The Balaban J connectivity index is 0.00000541. The number of hydrogen-bond acceptors (Lipinski definition) is 7. The van der Waals surface area contributed by atoms with Crippen LogP contribution in [0.5, 0.6) is 0 Å². The summed E-state index contributed by atoms with van der Waals surface area (Å²) in [6, 6.07) is 30.9. The number of halogens is 4. The average Bonchev–Trinajstić information content (AvgIpc) is 3.08. The van der Waals surface area contributed by atoms with Crippen LogP contribution >= 0.6 is 12.4 Å². The summed E-state index contributed by atoms with van der Waals surface area (Å²) in [5.41, 5.74) is 3.05. The highest BCUT2D eigenvalue weighted by atomic mass is 35.5. The van der Waals surface area contributed by atoms with Crippen molar-refractivity contribution in [3.63, 3.8) is 0 Å². The third-order valence-corrected chi connectivity index (χ3v) is 8.16. The molecule has 5 rings (SSSR count). The summed E-state index contributed by atoms with van der Waals surface area (Å²) in [6.07, 6.45) is -3.44. The van der Waals surface area contributed by atoms with Gasteiger partial charge in [-0.05, 0) is 54.3 Å². The molecule has 11 heteroatoms. The predicted molar refractivity (Wildman–Crippen MR) is 184 cm³/mol. The van der Waals surface area contributed by atoms with Crippen LogP contribution in [0, 0.1) is 0 Å². The maximum Gasteiger partial charge on any atom is 0.433 e. The normalized spacial score (nSPS) is 14.4. The van der Waals surface area contributed by atoms with E-state index < -0.39 is 29.7 Å². The molecule has 1 atom stereocenters. The molecule has 256 valence electrons. The number of ether oxygens (including phenoxy) is 2.